The molecular formula is C15H26O4. The zero-order chi connectivity index (χ0) is 14.7. The van der Waals surface area contributed by atoms with Gasteiger partial charge >= 0.3 is 0 Å². The van der Waals surface area contributed by atoms with Crippen molar-refractivity contribution in [3.8, 4) is 0 Å². The van der Waals surface area contributed by atoms with Crippen LogP contribution in [0.5, 0.6) is 0 Å². The molecule has 4 nitrogen and oxygen atoms in total. The van der Waals surface area contributed by atoms with E-state index in [9.17, 15) is 14.4 Å². The lowest BCUT2D eigenvalue weighted by molar-refractivity contribution is -0.131. The predicted molar refractivity (Wildman–Crippen MR) is 74.1 cm³/mol. The highest BCUT2D eigenvalue weighted by molar-refractivity contribution is 6.00. The first-order chi connectivity index (χ1) is 9.01. The van der Waals surface area contributed by atoms with E-state index >= 15 is 0 Å². The summed E-state index contributed by atoms with van der Waals surface area (Å²) in [5.41, 5.74) is 0. The maximum absolute atomic E-state index is 11.7. The molecule has 0 aliphatic rings. The quantitative estimate of drug-likeness (QED) is 0.404. The predicted octanol–water partition coefficient (Wildman–Crippen LogP) is 2.73. The van der Waals surface area contributed by atoms with Gasteiger partial charge in [-0.3, -0.25) is 14.4 Å². The third kappa shape index (κ3) is 9.54. The summed E-state index contributed by atoms with van der Waals surface area (Å²) in [5.74, 6) is -0.412. The van der Waals surface area contributed by atoms with Gasteiger partial charge in [-0.25, -0.2) is 0 Å². The molecule has 4 heteroatoms. The average Bonchev–Trinajstić information content (AvgIpc) is 2.34. The molecule has 1 unspecified atom stereocenters. The molecule has 0 bridgehead atoms. The fourth-order valence-corrected chi connectivity index (χ4v) is 1.89. The molecule has 0 saturated heterocycles. The Morgan fingerprint density at radius 3 is 2.21 bits per heavy atom. The minimum atomic E-state index is -0.221. The largest absolute Gasteiger partial charge is 0.381 e. The highest BCUT2D eigenvalue weighted by Gasteiger charge is 2.19. The van der Waals surface area contributed by atoms with Gasteiger partial charge in [0, 0.05) is 25.4 Å². The molecule has 0 fully saturated rings. The SMILES string of the molecule is CCCOCCC(=O)CC(=O)CC(CCC)C(C)=O. The van der Waals surface area contributed by atoms with Crippen LogP contribution in [0.1, 0.15) is 59.3 Å². The topological polar surface area (TPSA) is 60.4 Å². The third-order valence-electron chi connectivity index (χ3n) is 2.95. The van der Waals surface area contributed by atoms with Crippen LogP contribution in [-0.2, 0) is 19.1 Å². The van der Waals surface area contributed by atoms with Crippen molar-refractivity contribution in [3.05, 3.63) is 0 Å². The molecule has 19 heavy (non-hydrogen) atoms. The molecule has 0 spiro atoms. The van der Waals surface area contributed by atoms with Crippen LogP contribution in [-0.4, -0.2) is 30.6 Å². The Labute approximate surface area is 115 Å². The van der Waals surface area contributed by atoms with E-state index in [0.29, 0.717) is 13.2 Å². The van der Waals surface area contributed by atoms with Gasteiger partial charge in [-0.15, -0.1) is 0 Å². The van der Waals surface area contributed by atoms with Crippen LogP contribution in [0.3, 0.4) is 0 Å². The van der Waals surface area contributed by atoms with Crippen molar-refractivity contribution in [2.45, 2.75) is 59.3 Å². The first-order valence-electron chi connectivity index (χ1n) is 7.12. The minimum absolute atomic E-state index is 0.0360. The maximum atomic E-state index is 11.7. The van der Waals surface area contributed by atoms with Crippen LogP contribution >= 0.6 is 0 Å². The molecule has 0 aromatic rings. The molecule has 0 aliphatic carbocycles. The molecule has 0 aliphatic heterocycles. The van der Waals surface area contributed by atoms with E-state index in [1.807, 2.05) is 13.8 Å². The summed E-state index contributed by atoms with van der Waals surface area (Å²) in [5, 5.41) is 0. The summed E-state index contributed by atoms with van der Waals surface area (Å²) in [6, 6.07) is 0. The van der Waals surface area contributed by atoms with Crippen LogP contribution in [0.25, 0.3) is 0 Å². The molecule has 0 heterocycles. The first kappa shape index (κ1) is 18.0. The zero-order valence-electron chi connectivity index (χ0n) is 12.4. The number of carbonyl (C=O) groups excluding carboxylic acids is 3. The molecule has 0 amide bonds. The summed E-state index contributed by atoms with van der Waals surface area (Å²) in [4.78, 5) is 34.6. The molecule has 1 atom stereocenters. The lowest BCUT2D eigenvalue weighted by Crippen LogP contribution is -2.18. The van der Waals surface area contributed by atoms with Gasteiger partial charge in [0.1, 0.15) is 17.3 Å². The summed E-state index contributed by atoms with van der Waals surface area (Å²) < 4.78 is 5.21. The maximum Gasteiger partial charge on any atom is 0.142 e. The number of hydrogen-bond acceptors (Lipinski definition) is 4. The second kappa shape index (κ2) is 10.9. The average molecular weight is 270 g/mol. The highest BCUT2D eigenvalue weighted by atomic mass is 16.5. The Bertz CT molecular complexity index is 297. The van der Waals surface area contributed by atoms with Crippen LogP contribution < -0.4 is 0 Å². The summed E-state index contributed by atoms with van der Waals surface area (Å²) in [6.45, 7) is 6.51. The third-order valence-corrected chi connectivity index (χ3v) is 2.95. The van der Waals surface area contributed by atoms with Crippen molar-refractivity contribution < 1.29 is 19.1 Å². The van der Waals surface area contributed by atoms with Gasteiger partial charge in [-0.05, 0) is 19.8 Å². The summed E-state index contributed by atoms with van der Waals surface area (Å²) in [6.07, 6.45) is 2.92. The van der Waals surface area contributed by atoms with Crippen molar-refractivity contribution in [1.82, 2.24) is 0 Å². The lowest BCUT2D eigenvalue weighted by Gasteiger charge is -2.11. The molecule has 0 rings (SSSR count). The second-order valence-corrected chi connectivity index (χ2v) is 4.92. The van der Waals surface area contributed by atoms with E-state index in [0.717, 1.165) is 19.3 Å². The summed E-state index contributed by atoms with van der Waals surface area (Å²) >= 11 is 0. The van der Waals surface area contributed by atoms with Crippen molar-refractivity contribution in [2.75, 3.05) is 13.2 Å². The normalized spacial score (nSPS) is 12.2. The standard InChI is InChI=1S/C15H26O4/c1-4-6-13(12(3)16)10-15(18)11-14(17)7-9-19-8-5-2/h13H,4-11H2,1-3H3. The molecule has 0 radical (unpaired) electrons. The van der Waals surface area contributed by atoms with Gasteiger partial charge in [0.15, 0.2) is 0 Å². The molecule has 0 aromatic carbocycles. The molecule has 0 saturated carbocycles. The van der Waals surface area contributed by atoms with Crippen LogP contribution in [0.2, 0.25) is 0 Å². The summed E-state index contributed by atoms with van der Waals surface area (Å²) in [7, 11) is 0. The van der Waals surface area contributed by atoms with E-state index in [1.54, 1.807) is 0 Å². The number of Topliss-reactive ketones (excluding diaryl/α,β-unsaturated/α-hetero) is 3. The van der Waals surface area contributed by atoms with Crippen molar-refractivity contribution in [2.24, 2.45) is 5.92 Å². The fraction of sp³-hybridized carbons (Fsp3) is 0.800. The Kier molecular flexibility index (Phi) is 10.3. The number of rotatable bonds is 12. The molecular weight excluding hydrogens is 244 g/mol. The van der Waals surface area contributed by atoms with Crippen molar-refractivity contribution in [1.29, 1.82) is 0 Å². The van der Waals surface area contributed by atoms with Crippen molar-refractivity contribution in [3.63, 3.8) is 0 Å². The van der Waals surface area contributed by atoms with E-state index in [2.05, 4.69) is 0 Å². The Morgan fingerprint density at radius 2 is 1.68 bits per heavy atom. The number of carbonyl (C=O) groups is 3. The Hall–Kier alpha value is -1.03. The smallest absolute Gasteiger partial charge is 0.142 e. The van der Waals surface area contributed by atoms with E-state index in [1.165, 1.54) is 6.92 Å². The van der Waals surface area contributed by atoms with Crippen LogP contribution in [0.15, 0.2) is 0 Å². The second-order valence-electron chi connectivity index (χ2n) is 4.92. The van der Waals surface area contributed by atoms with Gasteiger partial charge in [0.2, 0.25) is 0 Å². The van der Waals surface area contributed by atoms with Gasteiger partial charge in [-0.1, -0.05) is 20.3 Å². The van der Waals surface area contributed by atoms with Gasteiger partial charge in [0.25, 0.3) is 0 Å². The fourth-order valence-electron chi connectivity index (χ4n) is 1.89. The lowest BCUT2D eigenvalue weighted by atomic mass is 9.92. The zero-order valence-corrected chi connectivity index (χ0v) is 12.4. The monoisotopic (exact) mass is 270 g/mol. The Balaban J connectivity index is 3.94. The van der Waals surface area contributed by atoms with E-state index in [4.69, 9.17) is 4.74 Å². The van der Waals surface area contributed by atoms with E-state index in [-0.39, 0.29) is 42.5 Å². The van der Waals surface area contributed by atoms with Gasteiger partial charge < -0.3 is 4.74 Å². The minimum Gasteiger partial charge on any atom is -0.381 e. The van der Waals surface area contributed by atoms with E-state index < -0.39 is 0 Å². The van der Waals surface area contributed by atoms with Gasteiger partial charge in [-0.2, -0.15) is 0 Å². The van der Waals surface area contributed by atoms with Gasteiger partial charge in [0.05, 0.1) is 13.0 Å². The van der Waals surface area contributed by atoms with Crippen LogP contribution in [0.4, 0.5) is 0 Å². The van der Waals surface area contributed by atoms with Crippen molar-refractivity contribution >= 4 is 17.3 Å². The molecule has 110 valence electrons. The number of ether oxygens (including phenoxy) is 1. The molecule has 0 N–H and O–H groups in total. The highest BCUT2D eigenvalue weighted by Crippen LogP contribution is 2.14. The first-order valence-corrected chi connectivity index (χ1v) is 7.12. The Morgan fingerprint density at radius 1 is 1.00 bits per heavy atom. The molecule has 0 aromatic heterocycles. The number of hydrogen-bond donors (Lipinski definition) is 0. The number of ketones is 3. The van der Waals surface area contributed by atoms with Crippen LogP contribution in [0, 0.1) is 5.92 Å².